The van der Waals surface area contributed by atoms with Gasteiger partial charge in [0.25, 0.3) is 0 Å². The highest BCUT2D eigenvalue weighted by molar-refractivity contribution is 6.35. The summed E-state index contributed by atoms with van der Waals surface area (Å²) in [6.45, 7) is 0.275. The number of methoxy groups -OCH3 is 1. The number of allylic oxidation sites excluding steroid dienone is 1. The number of ether oxygens (including phenoxy) is 3. The standard InChI is InChI=1S/C23H16Cl2O4/c1-27-17-6-2-14(3-7-17)10-22-23(26)19-9-8-18(12-21(19)29-22)28-13-15-4-5-16(24)11-20(15)25/h2-12H,13H2,1H3/b22-10-. The second-order valence-electron chi connectivity index (χ2n) is 6.40. The summed E-state index contributed by atoms with van der Waals surface area (Å²) in [5, 5.41) is 1.11. The number of hydrogen-bond acceptors (Lipinski definition) is 4. The summed E-state index contributed by atoms with van der Waals surface area (Å²) in [6, 6.07) is 17.7. The van der Waals surface area contributed by atoms with Gasteiger partial charge < -0.3 is 14.2 Å². The number of halogens is 2. The Morgan fingerprint density at radius 3 is 2.45 bits per heavy atom. The SMILES string of the molecule is COc1ccc(/C=C2\Oc3cc(OCc4ccc(Cl)cc4Cl)ccc3C2=O)cc1. The summed E-state index contributed by atoms with van der Waals surface area (Å²) in [5.74, 6) is 1.89. The van der Waals surface area contributed by atoms with Gasteiger partial charge in [0.05, 0.1) is 12.7 Å². The van der Waals surface area contributed by atoms with Gasteiger partial charge in [-0.2, -0.15) is 0 Å². The van der Waals surface area contributed by atoms with Crippen LogP contribution in [0.15, 0.2) is 66.4 Å². The molecule has 0 aromatic heterocycles. The first-order chi connectivity index (χ1) is 14.0. The molecular formula is C23H16Cl2O4. The largest absolute Gasteiger partial charge is 0.497 e. The van der Waals surface area contributed by atoms with Gasteiger partial charge in [0.1, 0.15) is 23.9 Å². The predicted molar refractivity (Wildman–Crippen MR) is 113 cm³/mol. The Labute approximate surface area is 178 Å². The van der Waals surface area contributed by atoms with Crippen molar-refractivity contribution in [3.63, 3.8) is 0 Å². The van der Waals surface area contributed by atoms with Crippen LogP contribution in [-0.2, 0) is 6.61 Å². The number of carbonyl (C=O) groups is 1. The molecule has 146 valence electrons. The number of hydrogen-bond donors (Lipinski definition) is 0. The van der Waals surface area contributed by atoms with Crippen molar-refractivity contribution >= 4 is 35.1 Å². The molecule has 0 saturated carbocycles. The second kappa shape index (κ2) is 8.19. The van der Waals surface area contributed by atoms with Crippen molar-refractivity contribution in [3.8, 4) is 17.2 Å². The van der Waals surface area contributed by atoms with Gasteiger partial charge in [-0.3, -0.25) is 4.79 Å². The number of fused-ring (bicyclic) bond motifs is 1. The molecule has 4 rings (SSSR count). The molecule has 29 heavy (non-hydrogen) atoms. The van der Waals surface area contributed by atoms with Crippen molar-refractivity contribution in [3.05, 3.63) is 93.2 Å². The van der Waals surface area contributed by atoms with Gasteiger partial charge in [-0.05, 0) is 48.0 Å². The zero-order valence-corrected chi connectivity index (χ0v) is 17.0. The van der Waals surface area contributed by atoms with E-state index in [-0.39, 0.29) is 18.1 Å². The van der Waals surface area contributed by atoms with Crippen molar-refractivity contribution < 1.29 is 19.0 Å². The van der Waals surface area contributed by atoms with E-state index in [0.29, 0.717) is 27.1 Å². The van der Waals surface area contributed by atoms with E-state index in [1.807, 2.05) is 30.3 Å². The molecule has 0 bridgehead atoms. The lowest BCUT2D eigenvalue weighted by atomic mass is 10.1. The minimum absolute atomic E-state index is 0.164. The van der Waals surface area contributed by atoms with Gasteiger partial charge >= 0.3 is 0 Å². The molecule has 0 spiro atoms. The van der Waals surface area contributed by atoms with E-state index in [0.717, 1.165) is 16.9 Å². The van der Waals surface area contributed by atoms with E-state index in [9.17, 15) is 4.79 Å². The lowest BCUT2D eigenvalue weighted by Gasteiger charge is -2.09. The summed E-state index contributed by atoms with van der Waals surface area (Å²) in [6.07, 6.45) is 1.70. The molecule has 3 aromatic rings. The molecule has 0 fully saturated rings. The maximum absolute atomic E-state index is 12.6. The number of Topliss-reactive ketones (excluding diaryl/α,β-unsaturated/α-hetero) is 1. The van der Waals surface area contributed by atoms with Gasteiger partial charge in [-0.25, -0.2) is 0 Å². The Bertz CT molecular complexity index is 1100. The summed E-state index contributed by atoms with van der Waals surface area (Å²) in [4.78, 5) is 12.6. The molecule has 1 heterocycles. The minimum Gasteiger partial charge on any atom is -0.497 e. The van der Waals surface area contributed by atoms with Crippen LogP contribution in [0.1, 0.15) is 21.5 Å². The fourth-order valence-electron chi connectivity index (χ4n) is 2.91. The third-order valence-electron chi connectivity index (χ3n) is 4.46. The Morgan fingerprint density at radius 2 is 1.72 bits per heavy atom. The van der Waals surface area contributed by atoms with Crippen LogP contribution in [0.2, 0.25) is 10.0 Å². The quantitative estimate of drug-likeness (QED) is 0.455. The van der Waals surface area contributed by atoms with Crippen LogP contribution < -0.4 is 14.2 Å². The van der Waals surface area contributed by atoms with Crippen molar-refractivity contribution in [2.75, 3.05) is 7.11 Å². The van der Waals surface area contributed by atoms with Crippen LogP contribution in [-0.4, -0.2) is 12.9 Å². The molecule has 6 heteroatoms. The van der Waals surface area contributed by atoms with Crippen LogP contribution >= 0.6 is 23.2 Å². The molecule has 1 aliphatic rings. The van der Waals surface area contributed by atoms with E-state index in [2.05, 4.69) is 0 Å². The van der Waals surface area contributed by atoms with Crippen molar-refractivity contribution in [1.29, 1.82) is 0 Å². The lowest BCUT2D eigenvalue weighted by Crippen LogP contribution is -1.98. The normalized spacial score (nSPS) is 13.9. The minimum atomic E-state index is -0.164. The highest BCUT2D eigenvalue weighted by Crippen LogP contribution is 2.35. The van der Waals surface area contributed by atoms with Gasteiger partial charge in [0.15, 0.2) is 5.76 Å². The summed E-state index contributed by atoms with van der Waals surface area (Å²) >= 11 is 12.1. The Hall–Kier alpha value is -2.95. The molecule has 4 nitrogen and oxygen atoms in total. The van der Waals surface area contributed by atoms with Gasteiger partial charge in [0.2, 0.25) is 5.78 Å². The van der Waals surface area contributed by atoms with Crippen LogP contribution in [0.25, 0.3) is 6.08 Å². The molecule has 0 atom stereocenters. The van der Waals surface area contributed by atoms with Crippen molar-refractivity contribution in [2.24, 2.45) is 0 Å². The molecule has 0 radical (unpaired) electrons. The first-order valence-corrected chi connectivity index (χ1v) is 9.58. The summed E-state index contributed by atoms with van der Waals surface area (Å²) in [5.41, 5.74) is 2.16. The fraction of sp³-hybridized carbons (Fsp3) is 0.0870. The van der Waals surface area contributed by atoms with Crippen LogP contribution in [0.5, 0.6) is 17.2 Å². The smallest absolute Gasteiger partial charge is 0.231 e. The van der Waals surface area contributed by atoms with Crippen LogP contribution in [0.4, 0.5) is 0 Å². The first kappa shape index (κ1) is 19.4. The lowest BCUT2D eigenvalue weighted by molar-refractivity contribution is 0.101. The average molecular weight is 427 g/mol. The van der Waals surface area contributed by atoms with E-state index in [1.165, 1.54) is 0 Å². The van der Waals surface area contributed by atoms with Gasteiger partial charge in [-0.1, -0.05) is 41.4 Å². The van der Waals surface area contributed by atoms with E-state index >= 15 is 0 Å². The van der Waals surface area contributed by atoms with Gasteiger partial charge in [-0.15, -0.1) is 0 Å². The zero-order valence-electron chi connectivity index (χ0n) is 15.4. The third-order valence-corrected chi connectivity index (χ3v) is 5.05. The van der Waals surface area contributed by atoms with Crippen LogP contribution in [0, 0.1) is 0 Å². The Balaban J connectivity index is 1.50. The summed E-state index contributed by atoms with van der Waals surface area (Å²) < 4.78 is 16.7. The Kier molecular flexibility index (Phi) is 5.47. The molecule has 1 aliphatic heterocycles. The van der Waals surface area contributed by atoms with Crippen molar-refractivity contribution in [2.45, 2.75) is 6.61 Å². The molecule has 0 unspecified atom stereocenters. The molecule has 0 N–H and O–H groups in total. The third kappa shape index (κ3) is 4.24. The molecule has 0 aliphatic carbocycles. The number of ketones is 1. The van der Waals surface area contributed by atoms with E-state index in [4.69, 9.17) is 37.4 Å². The topological polar surface area (TPSA) is 44.8 Å². The fourth-order valence-corrected chi connectivity index (χ4v) is 3.37. The highest BCUT2D eigenvalue weighted by atomic mass is 35.5. The Morgan fingerprint density at radius 1 is 0.966 bits per heavy atom. The maximum atomic E-state index is 12.6. The number of rotatable bonds is 5. The molecule has 3 aromatic carbocycles. The molecule has 0 amide bonds. The zero-order chi connectivity index (χ0) is 20.4. The maximum Gasteiger partial charge on any atom is 0.231 e. The first-order valence-electron chi connectivity index (χ1n) is 8.82. The van der Waals surface area contributed by atoms with Crippen LogP contribution in [0.3, 0.4) is 0 Å². The number of carbonyl (C=O) groups excluding carboxylic acids is 1. The average Bonchev–Trinajstić information content (AvgIpc) is 3.03. The van der Waals surface area contributed by atoms with Gasteiger partial charge in [0, 0.05) is 21.7 Å². The molecule has 0 saturated heterocycles. The summed E-state index contributed by atoms with van der Waals surface area (Å²) in [7, 11) is 1.61. The molecular weight excluding hydrogens is 411 g/mol. The predicted octanol–water partition coefficient (Wildman–Crippen LogP) is 6.20. The van der Waals surface area contributed by atoms with E-state index in [1.54, 1.807) is 43.5 Å². The highest BCUT2D eigenvalue weighted by Gasteiger charge is 2.27. The van der Waals surface area contributed by atoms with Crippen molar-refractivity contribution in [1.82, 2.24) is 0 Å². The van der Waals surface area contributed by atoms with E-state index < -0.39 is 0 Å². The number of benzene rings is 3. The monoisotopic (exact) mass is 426 g/mol. The second-order valence-corrected chi connectivity index (χ2v) is 7.24.